The van der Waals surface area contributed by atoms with Gasteiger partial charge in [-0.3, -0.25) is 9.59 Å². The lowest BCUT2D eigenvalue weighted by atomic mass is 9.69. The molecule has 2 fully saturated rings. The van der Waals surface area contributed by atoms with E-state index < -0.39 is 0 Å². The van der Waals surface area contributed by atoms with Crippen molar-refractivity contribution in [2.45, 2.75) is 33.1 Å². The molecule has 0 spiro atoms. The van der Waals surface area contributed by atoms with Gasteiger partial charge < -0.3 is 9.47 Å². The van der Waals surface area contributed by atoms with Gasteiger partial charge >= 0.3 is 0 Å². The zero-order chi connectivity index (χ0) is 16.0. The number of hydrogen-bond acceptors (Lipinski definition) is 4. The molecule has 22 heavy (non-hydrogen) atoms. The Bertz CT molecular complexity index is 620. The lowest BCUT2D eigenvalue weighted by Gasteiger charge is -2.36. The summed E-state index contributed by atoms with van der Waals surface area (Å²) in [5.74, 6) is 1.92. The maximum Gasteiger partial charge on any atom is 0.161 e. The van der Waals surface area contributed by atoms with Crippen LogP contribution in [-0.2, 0) is 4.79 Å². The Balaban J connectivity index is 1.83. The molecule has 118 valence electrons. The third-order valence-corrected chi connectivity index (χ3v) is 5.94. The topological polar surface area (TPSA) is 52.6 Å². The minimum atomic E-state index is -0.383. The Morgan fingerprint density at radius 3 is 2.64 bits per heavy atom. The predicted molar refractivity (Wildman–Crippen MR) is 82.4 cm³/mol. The molecule has 2 saturated carbocycles. The van der Waals surface area contributed by atoms with Crippen LogP contribution in [0.2, 0.25) is 0 Å². The third-order valence-electron chi connectivity index (χ3n) is 5.94. The van der Waals surface area contributed by atoms with Gasteiger partial charge in [0.1, 0.15) is 18.7 Å². The molecular formula is C18H22O4. The zero-order valence-electron chi connectivity index (χ0n) is 13.3. The van der Waals surface area contributed by atoms with Gasteiger partial charge in [0, 0.05) is 12.0 Å². The van der Waals surface area contributed by atoms with Crippen LogP contribution in [-0.4, -0.2) is 25.8 Å². The van der Waals surface area contributed by atoms with Crippen LogP contribution in [0.5, 0.6) is 11.5 Å². The number of ether oxygens (including phenoxy) is 2. The van der Waals surface area contributed by atoms with Crippen LogP contribution in [0.1, 0.15) is 43.5 Å². The molecule has 1 aromatic rings. The summed E-state index contributed by atoms with van der Waals surface area (Å²) < 4.78 is 11.3. The molecule has 0 saturated heterocycles. The molecule has 0 aliphatic heterocycles. The highest BCUT2D eigenvalue weighted by Crippen LogP contribution is 2.63. The van der Waals surface area contributed by atoms with Gasteiger partial charge in [-0.05, 0) is 42.4 Å². The van der Waals surface area contributed by atoms with Gasteiger partial charge in [-0.2, -0.15) is 0 Å². The summed E-state index contributed by atoms with van der Waals surface area (Å²) in [5, 5.41) is 0. The van der Waals surface area contributed by atoms with Gasteiger partial charge in [-0.15, -0.1) is 0 Å². The number of ketones is 1. The van der Waals surface area contributed by atoms with Crippen LogP contribution in [0.15, 0.2) is 18.2 Å². The number of fused-ring (bicyclic) bond motifs is 2. The fraction of sp³-hybridized carbons (Fsp3) is 0.556. The Kier molecular flexibility index (Phi) is 3.50. The highest BCUT2D eigenvalue weighted by atomic mass is 16.5. The minimum Gasteiger partial charge on any atom is -0.493 e. The second-order valence-corrected chi connectivity index (χ2v) is 6.98. The van der Waals surface area contributed by atoms with Crippen LogP contribution < -0.4 is 9.47 Å². The molecular weight excluding hydrogens is 280 g/mol. The van der Waals surface area contributed by atoms with Crippen LogP contribution >= 0.6 is 0 Å². The normalized spacial score (nSPS) is 28.7. The average molecular weight is 302 g/mol. The quantitative estimate of drug-likeness (QED) is 0.783. The van der Waals surface area contributed by atoms with E-state index in [2.05, 4.69) is 13.8 Å². The van der Waals surface area contributed by atoms with E-state index in [0.717, 1.165) is 19.1 Å². The first-order valence-corrected chi connectivity index (χ1v) is 7.74. The lowest BCUT2D eigenvalue weighted by molar-refractivity contribution is -0.131. The first-order chi connectivity index (χ1) is 10.4. The molecule has 2 atom stereocenters. The number of carbonyl (C=O) groups is 2. The lowest BCUT2D eigenvalue weighted by Crippen LogP contribution is -2.41. The van der Waals surface area contributed by atoms with Crippen molar-refractivity contribution >= 4 is 12.1 Å². The van der Waals surface area contributed by atoms with Crippen molar-refractivity contribution in [2.24, 2.45) is 16.7 Å². The van der Waals surface area contributed by atoms with E-state index in [1.807, 2.05) is 0 Å². The van der Waals surface area contributed by atoms with E-state index in [1.54, 1.807) is 25.3 Å². The number of carbonyl (C=O) groups excluding carboxylic acids is 2. The average Bonchev–Trinajstić information content (AvgIpc) is 2.87. The molecule has 0 amide bonds. The molecule has 0 N–H and O–H groups in total. The highest BCUT2D eigenvalue weighted by Gasteiger charge is 2.64. The van der Waals surface area contributed by atoms with E-state index in [4.69, 9.17) is 9.47 Å². The largest absolute Gasteiger partial charge is 0.493 e. The fourth-order valence-electron chi connectivity index (χ4n) is 4.19. The first kappa shape index (κ1) is 15.1. The van der Waals surface area contributed by atoms with Gasteiger partial charge in [0.15, 0.2) is 11.5 Å². The molecule has 2 bridgehead atoms. The number of rotatable bonds is 5. The van der Waals surface area contributed by atoms with Crippen LogP contribution in [0.25, 0.3) is 0 Å². The molecule has 0 aromatic heterocycles. The predicted octanol–water partition coefficient (Wildman–Crippen LogP) is 3.28. The maximum absolute atomic E-state index is 12.5. The summed E-state index contributed by atoms with van der Waals surface area (Å²) in [6.07, 6.45) is 3.45. The van der Waals surface area contributed by atoms with Gasteiger partial charge in [0.05, 0.1) is 12.5 Å². The Hall–Kier alpha value is -1.84. The Labute approximate surface area is 130 Å². The van der Waals surface area contributed by atoms with Crippen molar-refractivity contribution < 1.29 is 19.1 Å². The fourth-order valence-corrected chi connectivity index (χ4v) is 4.19. The summed E-state index contributed by atoms with van der Waals surface area (Å²) in [5.41, 5.74) is 0.145. The van der Waals surface area contributed by atoms with E-state index in [0.29, 0.717) is 41.8 Å². The second kappa shape index (κ2) is 5.11. The second-order valence-electron chi connectivity index (χ2n) is 6.98. The van der Waals surface area contributed by atoms with Crippen molar-refractivity contribution in [3.63, 3.8) is 0 Å². The molecule has 4 heteroatoms. The molecule has 3 rings (SSSR count). The number of Topliss-reactive ketones (excluding diaryl/α,β-unsaturated/α-hetero) is 1. The summed E-state index contributed by atoms with van der Waals surface area (Å²) in [6.45, 7) is 4.75. The number of aldehydes is 1. The molecule has 0 radical (unpaired) electrons. The number of methoxy groups -OCH3 is 1. The first-order valence-electron chi connectivity index (χ1n) is 7.74. The third kappa shape index (κ3) is 1.97. The van der Waals surface area contributed by atoms with Crippen molar-refractivity contribution in [3.05, 3.63) is 23.8 Å². The smallest absolute Gasteiger partial charge is 0.161 e. The van der Waals surface area contributed by atoms with Crippen molar-refractivity contribution in [3.8, 4) is 11.5 Å². The van der Waals surface area contributed by atoms with Crippen LogP contribution in [0, 0.1) is 16.7 Å². The van der Waals surface area contributed by atoms with Crippen molar-refractivity contribution in [2.75, 3.05) is 13.7 Å². The molecule has 0 heterocycles. The number of hydrogen-bond donors (Lipinski definition) is 0. The van der Waals surface area contributed by atoms with Gasteiger partial charge in [0.2, 0.25) is 0 Å². The van der Waals surface area contributed by atoms with Crippen LogP contribution in [0.3, 0.4) is 0 Å². The summed E-state index contributed by atoms with van der Waals surface area (Å²) in [6, 6.07) is 5.08. The van der Waals surface area contributed by atoms with E-state index in [9.17, 15) is 9.59 Å². The minimum absolute atomic E-state index is 0.0138. The summed E-state index contributed by atoms with van der Waals surface area (Å²) >= 11 is 0. The van der Waals surface area contributed by atoms with Crippen LogP contribution in [0.4, 0.5) is 0 Å². The van der Waals surface area contributed by atoms with E-state index >= 15 is 0 Å². The molecule has 2 aliphatic rings. The van der Waals surface area contributed by atoms with Crippen molar-refractivity contribution in [1.82, 2.24) is 0 Å². The Morgan fingerprint density at radius 1 is 1.32 bits per heavy atom. The standard InChI is InChI=1S/C18H22O4/c1-17(2)13-6-7-18(17,16(20)9-13)11-22-14-5-4-12(10-19)8-15(14)21-3/h4-5,8,10,13H,6-7,9,11H2,1-3H3. The van der Waals surface area contributed by atoms with Gasteiger partial charge in [-0.1, -0.05) is 13.8 Å². The zero-order valence-corrected chi connectivity index (χ0v) is 13.3. The molecule has 1 aromatic carbocycles. The number of benzene rings is 1. The monoisotopic (exact) mass is 302 g/mol. The molecule has 2 aliphatic carbocycles. The summed E-state index contributed by atoms with van der Waals surface area (Å²) in [4.78, 5) is 23.3. The SMILES string of the molecule is COc1cc(C=O)ccc1OCC12CCC(CC1=O)C2(C)C. The van der Waals surface area contributed by atoms with Crippen molar-refractivity contribution in [1.29, 1.82) is 0 Å². The highest BCUT2D eigenvalue weighted by molar-refractivity contribution is 5.90. The Morgan fingerprint density at radius 2 is 2.09 bits per heavy atom. The maximum atomic E-state index is 12.5. The van der Waals surface area contributed by atoms with Gasteiger partial charge in [0.25, 0.3) is 0 Å². The molecule has 2 unspecified atom stereocenters. The molecule has 4 nitrogen and oxygen atoms in total. The van der Waals surface area contributed by atoms with E-state index in [1.165, 1.54) is 0 Å². The summed E-state index contributed by atoms with van der Waals surface area (Å²) in [7, 11) is 1.55. The van der Waals surface area contributed by atoms with E-state index in [-0.39, 0.29) is 10.8 Å². The van der Waals surface area contributed by atoms with Gasteiger partial charge in [-0.25, -0.2) is 0 Å².